The van der Waals surface area contributed by atoms with Gasteiger partial charge in [0.25, 0.3) is 0 Å². The van der Waals surface area contributed by atoms with Crippen LogP contribution in [0.2, 0.25) is 0 Å². The number of benzene rings is 3. The van der Waals surface area contributed by atoms with Crippen molar-refractivity contribution in [2.75, 3.05) is 18.2 Å². The van der Waals surface area contributed by atoms with Gasteiger partial charge in [0.15, 0.2) is 0 Å². The molecule has 0 radical (unpaired) electrons. The van der Waals surface area contributed by atoms with Gasteiger partial charge in [-0.25, -0.2) is 4.98 Å². The largest absolute Gasteiger partial charge is 0.497 e. The van der Waals surface area contributed by atoms with Crippen molar-refractivity contribution in [1.29, 1.82) is 0 Å². The van der Waals surface area contributed by atoms with E-state index in [9.17, 15) is 0 Å². The third-order valence-corrected chi connectivity index (χ3v) is 5.01. The van der Waals surface area contributed by atoms with Crippen LogP contribution in [0.5, 0.6) is 11.5 Å². The summed E-state index contributed by atoms with van der Waals surface area (Å²) in [5.41, 5.74) is 11.1. The summed E-state index contributed by atoms with van der Waals surface area (Å²) < 4.78 is 11.5. The SMILES string of the molecule is COc1cccc(-c2ccc(OCc3ccccc3)c(CNc3cccnc3N)c2)c1. The molecule has 1 heterocycles. The van der Waals surface area contributed by atoms with Gasteiger partial charge in [0, 0.05) is 18.3 Å². The van der Waals surface area contributed by atoms with Crippen molar-refractivity contribution < 1.29 is 9.47 Å². The number of nitrogens with one attached hydrogen (secondary N) is 1. The van der Waals surface area contributed by atoms with Gasteiger partial charge in [0.05, 0.1) is 12.8 Å². The summed E-state index contributed by atoms with van der Waals surface area (Å²) >= 11 is 0. The molecule has 3 N–H and O–H groups in total. The van der Waals surface area contributed by atoms with Gasteiger partial charge in [-0.1, -0.05) is 48.5 Å². The summed E-state index contributed by atoms with van der Waals surface area (Å²) in [4.78, 5) is 4.14. The molecule has 5 heteroatoms. The molecular weight excluding hydrogens is 386 g/mol. The number of rotatable bonds is 8. The Kier molecular flexibility index (Phi) is 6.33. The van der Waals surface area contributed by atoms with Gasteiger partial charge >= 0.3 is 0 Å². The van der Waals surface area contributed by atoms with Gasteiger partial charge in [-0.05, 0) is 53.1 Å². The molecule has 0 saturated heterocycles. The molecule has 0 spiro atoms. The van der Waals surface area contributed by atoms with E-state index < -0.39 is 0 Å². The van der Waals surface area contributed by atoms with E-state index in [2.05, 4.69) is 40.6 Å². The highest BCUT2D eigenvalue weighted by Gasteiger charge is 2.09. The van der Waals surface area contributed by atoms with Gasteiger partial charge in [-0.2, -0.15) is 0 Å². The summed E-state index contributed by atoms with van der Waals surface area (Å²) in [7, 11) is 1.67. The fourth-order valence-corrected chi connectivity index (χ4v) is 3.33. The Bertz CT molecular complexity index is 1150. The number of hydrogen-bond donors (Lipinski definition) is 2. The number of nitrogen functional groups attached to an aromatic ring is 1. The second-order valence-corrected chi connectivity index (χ2v) is 7.12. The van der Waals surface area contributed by atoms with E-state index in [4.69, 9.17) is 15.2 Å². The average molecular weight is 412 g/mol. The van der Waals surface area contributed by atoms with Crippen molar-refractivity contribution in [3.63, 3.8) is 0 Å². The van der Waals surface area contributed by atoms with Crippen molar-refractivity contribution >= 4 is 11.5 Å². The average Bonchev–Trinajstić information content (AvgIpc) is 2.83. The monoisotopic (exact) mass is 411 g/mol. The van der Waals surface area contributed by atoms with Crippen LogP contribution in [0.1, 0.15) is 11.1 Å². The van der Waals surface area contributed by atoms with Gasteiger partial charge < -0.3 is 20.5 Å². The first-order valence-electron chi connectivity index (χ1n) is 10.1. The molecule has 31 heavy (non-hydrogen) atoms. The zero-order valence-corrected chi connectivity index (χ0v) is 17.4. The Morgan fingerprint density at radius 1 is 0.871 bits per heavy atom. The van der Waals surface area contributed by atoms with Crippen LogP contribution in [0.15, 0.2) is 91.1 Å². The van der Waals surface area contributed by atoms with E-state index in [-0.39, 0.29) is 0 Å². The summed E-state index contributed by atoms with van der Waals surface area (Å²) in [5, 5.41) is 3.38. The van der Waals surface area contributed by atoms with E-state index in [0.717, 1.165) is 39.4 Å². The minimum atomic E-state index is 0.471. The highest BCUT2D eigenvalue weighted by Crippen LogP contribution is 2.30. The van der Waals surface area contributed by atoms with Gasteiger partial charge in [0.1, 0.15) is 23.9 Å². The van der Waals surface area contributed by atoms with E-state index in [0.29, 0.717) is 19.0 Å². The molecule has 0 aliphatic heterocycles. The standard InChI is InChI=1S/C26H25N3O2/c1-30-23-10-5-9-20(16-23)21-12-13-25(31-18-19-7-3-2-4-8-19)22(15-21)17-29-24-11-6-14-28-26(24)27/h2-16,29H,17-18H2,1H3,(H2,27,28). The van der Waals surface area contributed by atoms with E-state index >= 15 is 0 Å². The lowest BCUT2D eigenvalue weighted by molar-refractivity contribution is 0.303. The molecule has 0 aliphatic carbocycles. The maximum atomic E-state index is 6.17. The van der Waals surface area contributed by atoms with Crippen LogP contribution >= 0.6 is 0 Å². The van der Waals surface area contributed by atoms with Gasteiger partial charge in [0.2, 0.25) is 0 Å². The van der Waals surface area contributed by atoms with E-state index in [1.807, 2.05) is 54.6 Å². The molecule has 0 saturated carbocycles. The molecule has 4 rings (SSSR count). The summed E-state index contributed by atoms with van der Waals surface area (Å²) in [6, 6.07) is 28.1. The quantitative estimate of drug-likeness (QED) is 0.399. The normalized spacial score (nSPS) is 10.5. The zero-order valence-electron chi connectivity index (χ0n) is 17.4. The fourth-order valence-electron chi connectivity index (χ4n) is 3.33. The maximum Gasteiger partial charge on any atom is 0.146 e. The predicted molar refractivity (Wildman–Crippen MR) is 125 cm³/mol. The van der Waals surface area contributed by atoms with Crippen molar-refractivity contribution in [3.05, 3.63) is 102 Å². The van der Waals surface area contributed by atoms with Crippen LogP contribution in [-0.2, 0) is 13.2 Å². The first kappa shape index (κ1) is 20.3. The molecule has 5 nitrogen and oxygen atoms in total. The predicted octanol–water partition coefficient (Wildman–Crippen LogP) is 5.53. The highest BCUT2D eigenvalue weighted by molar-refractivity contribution is 5.68. The lowest BCUT2D eigenvalue weighted by atomic mass is 10.0. The minimum Gasteiger partial charge on any atom is -0.497 e. The minimum absolute atomic E-state index is 0.471. The van der Waals surface area contributed by atoms with Crippen LogP contribution < -0.4 is 20.5 Å². The molecule has 0 amide bonds. The second-order valence-electron chi connectivity index (χ2n) is 7.12. The van der Waals surface area contributed by atoms with Crippen LogP contribution in [0, 0.1) is 0 Å². The van der Waals surface area contributed by atoms with Crippen LogP contribution in [0.3, 0.4) is 0 Å². The Hall–Kier alpha value is -3.99. The first-order chi connectivity index (χ1) is 15.2. The van der Waals surface area contributed by atoms with Crippen LogP contribution in [0.4, 0.5) is 11.5 Å². The number of nitrogens with zero attached hydrogens (tertiary/aromatic N) is 1. The summed E-state index contributed by atoms with van der Waals surface area (Å²) in [6.07, 6.45) is 1.68. The second kappa shape index (κ2) is 9.67. The van der Waals surface area contributed by atoms with Crippen LogP contribution in [-0.4, -0.2) is 12.1 Å². The number of aromatic nitrogens is 1. The number of ether oxygens (including phenoxy) is 2. The van der Waals surface area contributed by atoms with E-state index in [1.165, 1.54) is 0 Å². The number of nitrogens with two attached hydrogens (primary N) is 1. The molecule has 0 bridgehead atoms. The third kappa shape index (κ3) is 5.14. The molecule has 0 atom stereocenters. The lowest BCUT2D eigenvalue weighted by Crippen LogP contribution is -2.06. The Labute approximate surface area is 182 Å². The van der Waals surface area contributed by atoms with Gasteiger partial charge in [-0.15, -0.1) is 0 Å². The highest BCUT2D eigenvalue weighted by atomic mass is 16.5. The molecule has 3 aromatic carbocycles. The van der Waals surface area contributed by atoms with Crippen LogP contribution in [0.25, 0.3) is 11.1 Å². The fraction of sp³-hybridized carbons (Fsp3) is 0.115. The third-order valence-electron chi connectivity index (χ3n) is 5.01. The van der Waals surface area contributed by atoms with Crippen molar-refractivity contribution in [1.82, 2.24) is 4.98 Å². The Balaban J connectivity index is 1.62. The maximum absolute atomic E-state index is 6.17. The number of pyridine rings is 1. The van der Waals surface area contributed by atoms with Gasteiger partial charge in [-0.3, -0.25) is 0 Å². The molecule has 0 unspecified atom stereocenters. The Morgan fingerprint density at radius 3 is 2.52 bits per heavy atom. The summed E-state index contributed by atoms with van der Waals surface area (Å²) in [5.74, 6) is 2.12. The van der Waals surface area contributed by atoms with Crippen molar-refractivity contribution in [2.45, 2.75) is 13.2 Å². The molecule has 156 valence electrons. The first-order valence-corrected chi connectivity index (χ1v) is 10.1. The van der Waals surface area contributed by atoms with E-state index in [1.54, 1.807) is 13.3 Å². The lowest BCUT2D eigenvalue weighted by Gasteiger charge is -2.16. The molecule has 4 aromatic rings. The summed E-state index contributed by atoms with van der Waals surface area (Å²) in [6.45, 7) is 1.05. The topological polar surface area (TPSA) is 69.4 Å². The number of anilines is 2. The number of hydrogen-bond acceptors (Lipinski definition) is 5. The molecule has 1 aromatic heterocycles. The van der Waals surface area contributed by atoms with Crippen molar-refractivity contribution in [2.24, 2.45) is 0 Å². The number of methoxy groups -OCH3 is 1. The molecular formula is C26H25N3O2. The zero-order chi connectivity index (χ0) is 21.5. The Morgan fingerprint density at radius 2 is 1.71 bits per heavy atom. The molecule has 0 aliphatic rings. The smallest absolute Gasteiger partial charge is 0.146 e. The van der Waals surface area contributed by atoms with Crippen molar-refractivity contribution in [3.8, 4) is 22.6 Å². The molecule has 0 fully saturated rings.